The number of hydrogen-bond donors (Lipinski definition) is 2. The largest absolute Gasteiger partial charge is 0.337 e. The normalized spacial score (nSPS) is 23.8. The summed E-state index contributed by atoms with van der Waals surface area (Å²) < 4.78 is 0. The van der Waals surface area contributed by atoms with E-state index in [-0.39, 0.29) is 6.03 Å². The van der Waals surface area contributed by atoms with E-state index in [2.05, 4.69) is 22.5 Å². The van der Waals surface area contributed by atoms with Crippen LogP contribution in [0, 0.1) is 0 Å². The summed E-state index contributed by atoms with van der Waals surface area (Å²) in [5.41, 5.74) is 0. The number of urea groups is 1. The highest BCUT2D eigenvalue weighted by atomic mass is 16.2. The van der Waals surface area contributed by atoms with Crippen molar-refractivity contribution < 1.29 is 4.79 Å². The van der Waals surface area contributed by atoms with Gasteiger partial charge in [-0.2, -0.15) is 0 Å². The van der Waals surface area contributed by atoms with Crippen LogP contribution in [0.15, 0.2) is 0 Å². The first-order valence-electron chi connectivity index (χ1n) is 7.04. The van der Waals surface area contributed by atoms with E-state index in [4.69, 9.17) is 0 Å². The molecule has 0 aromatic rings. The summed E-state index contributed by atoms with van der Waals surface area (Å²) in [6, 6.07) is 0.895. The van der Waals surface area contributed by atoms with Gasteiger partial charge in [-0.05, 0) is 45.7 Å². The molecule has 4 heteroatoms. The van der Waals surface area contributed by atoms with Crippen molar-refractivity contribution in [3.05, 3.63) is 0 Å². The van der Waals surface area contributed by atoms with Crippen LogP contribution in [0.5, 0.6) is 0 Å². The average molecular weight is 239 g/mol. The Morgan fingerprint density at radius 1 is 1.24 bits per heavy atom. The van der Waals surface area contributed by atoms with E-state index < -0.39 is 0 Å². The average Bonchev–Trinajstić information content (AvgIpc) is 2.97. The Labute approximate surface area is 104 Å². The molecule has 2 amide bonds. The van der Waals surface area contributed by atoms with E-state index in [1.54, 1.807) is 0 Å². The fourth-order valence-electron chi connectivity index (χ4n) is 2.86. The summed E-state index contributed by atoms with van der Waals surface area (Å²) in [7, 11) is 0. The van der Waals surface area contributed by atoms with Gasteiger partial charge in [-0.25, -0.2) is 4.79 Å². The molecule has 0 aromatic carbocycles. The Morgan fingerprint density at radius 3 is 2.53 bits per heavy atom. The number of amides is 2. The van der Waals surface area contributed by atoms with Crippen molar-refractivity contribution >= 4 is 6.03 Å². The first-order valence-corrected chi connectivity index (χ1v) is 7.04. The molecule has 2 fully saturated rings. The van der Waals surface area contributed by atoms with Crippen molar-refractivity contribution in [1.29, 1.82) is 0 Å². The summed E-state index contributed by atoms with van der Waals surface area (Å²) in [5, 5.41) is 6.05. The number of nitrogens with one attached hydrogen (secondary N) is 2. The predicted octanol–water partition coefficient (Wildman–Crippen LogP) is 1.71. The Hall–Kier alpha value is -0.770. The molecule has 2 N–H and O–H groups in total. The number of nitrogens with zero attached hydrogens (tertiary/aromatic N) is 1. The van der Waals surface area contributed by atoms with Gasteiger partial charge in [0.15, 0.2) is 0 Å². The van der Waals surface area contributed by atoms with Crippen LogP contribution in [0.3, 0.4) is 0 Å². The summed E-state index contributed by atoms with van der Waals surface area (Å²) >= 11 is 0. The van der Waals surface area contributed by atoms with E-state index in [1.807, 2.05) is 0 Å². The lowest BCUT2D eigenvalue weighted by Gasteiger charge is -2.24. The van der Waals surface area contributed by atoms with Gasteiger partial charge in [-0.3, -0.25) is 4.90 Å². The van der Waals surface area contributed by atoms with Crippen LogP contribution in [-0.4, -0.2) is 42.6 Å². The zero-order valence-corrected chi connectivity index (χ0v) is 10.9. The molecule has 0 spiro atoms. The van der Waals surface area contributed by atoms with E-state index >= 15 is 0 Å². The standard InChI is InChI=1S/C13H25N3O/c1-11(16-8-4-5-9-16)10-14-13(17)15-12-6-2-3-7-12/h11-12H,2-10H2,1H3,(H2,14,15,17). The first-order chi connectivity index (χ1) is 8.25. The van der Waals surface area contributed by atoms with Crippen LogP contribution >= 0.6 is 0 Å². The molecular weight excluding hydrogens is 214 g/mol. The molecule has 17 heavy (non-hydrogen) atoms. The lowest BCUT2D eigenvalue weighted by atomic mass is 10.2. The Balaban J connectivity index is 1.61. The third-order valence-electron chi connectivity index (χ3n) is 4.01. The smallest absolute Gasteiger partial charge is 0.315 e. The maximum absolute atomic E-state index is 11.7. The second kappa shape index (κ2) is 6.24. The SMILES string of the molecule is CC(CNC(=O)NC1CCCC1)N1CCCC1. The van der Waals surface area contributed by atoms with Crippen molar-refractivity contribution in [1.82, 2.24) is 15.5 Å². The number of likely N-dealkylation sites (tertiary alicyclic amines) is 1. The summed E-state index contributed by atoms with van der Waals surface area (Å²) in [5.74, 6) is 0. The summed E-state index contributed by atoms with van der Waals surface area (Å²) in [6.07, 6.45) is 7.42. The lowest BCUT2D eigenvalue weighted by molar-refractivity contribution is 0.223. The van der Waals surface area contributed by atoms with Gasteiger partial charge in [0, 0.05) is 18.6 Å². The molecule has 1 saturated heterocycles. The molecule has 1 heterocycles. The van der Waals surface area contributed by atoms with Crippen LogP contribution in [0.2, 0.25) is 0 Å². The van der Waals surface area contributed by atoms with Gasteiger partial charge in [-0.1, -0.05) is 12.8 Å². The van der Waals surface area contributed by atoms with E-state index in [0.717, 1.165) is 19.4 Å². The van der Waals surface area contributed by atoms with Gasteiger partial charge in [-0.15, -0.1) is 0 Å². The highest BCUT2D eigenvalue weighted by Crippen LogP contribution is 2.17. The summed E-state index contributed by atoms with van der Waals surface area (Å²) in [6.45, 7) is 5.33. The molecular formula is C13H25N3O. The van der Waals surface area contributed by atoms with Crippen LogP contribution in [0.1, 0.15) is 45.4 Å². The lowest BCUT2D eigenvalue weighted by Crippen LogP contribution is -2.46. The molecule has 0 bridgehead atoms. The minimum absolute atomic E-state index is 0.0166. The molecule has 1 atom stereocenters. The predicted molar refractivity (Wildman–Crippen MR) is 69.1 cm³/mol. The highest BCUT2D eigenvalue weighted by Gasteiger charge is 2.20. The molecule has 2 aliphatic rings. The third kappa shape index (κ3) is 3.87. The molecule has 4 nitrogen and oxygen atoms in total. The van der Waals surface area contributed by atoms with E-state index in [9.17, 15) is 4.79 Å². The Morgan fingerprint density at radius 2 is 1.88 bits per heavy atom. The highest BCUT2D eigenvalue weighted by molar-refractivity contribution is 5.74. The van der Waals surface area contributed by atoms with Gasteiger partial charge in [0.2, 0.25) is 0 Å². The van der Waals surface area contributed by atoms with Crippen LogP contribution < -0.4 is 10.6 Å². The van der Waals surface area contributed by atoms with Crippen molar-refractivity contribution in [2.75, 3.05) is 19.6 Å². The number of carbonyl (C=O) groups excluding carboxylic acids is 1. The quantitative estimate of drug-likeness (QED) is 0.784. The van der Waals surface area contributed by atoms with Crippen LogP contribution in [0.25, 0.3) is 0 Å². The maximum Gasteiger partial charge on any atom is 0.315 e. The van der Waals surface area contributed by atoms with Gasteiger partial charge in [0.25, 0.3) is 0 Å². The van der Waals surface area contributed by atoms with Crippen molar-refractivity contribution in [3.8, 4) is 0 Å². The minimum atomic E-state index is 0.0166. The second-order valence-corrected chi connectivity index (χ2v) is 5.43. The molecule has 1 aliphatic heterocycles. The van der Waals surface area contributed by atoms with Crippen molar-refractivity contribution in [2.24, 2.45) is 0 Å². The van der Waals surface area contributed by atoms with Gasteiger partial charge < -0.3 is 10.6 Å². The Kier molecular flexibility index (Phi) is 4.66. The van der Waals surface area contributed by atoms with E-state index in [0.29, 0.717) is 12.1 Å². The Bertz CT molecular complexity index is 245. The zero-order valence-electron chi connectivity index (χ0n) is 10.9. The number of carbonyl (C=O) groups is 1. The fraction of sp³-hybridized carbons (Fsp3) is 0.923. The third-order valence-corrected chi connectivity index (χ3v) is 4.01. The molecule has 1 aliphatic carbocycles. The molecule has 1 unspecified atom stereocenters. The van der Waals surface area contributed by atoms with E-state index in [1.165, 1.54) is 38.8 Å². The molecule has 98 valence electrons. The van der Waals surface area contributed by atoms with Crippen LogP contribution in [-0.2, 0) is 0 Å². The van der Waals surface area contributed by atoms with Crippen molar-refractivity contribution in [3.63, 3.8) is 0 Å². The number of hydrogen-bond acceptors (Lipinski definition) is 2. The molecule has 2 rings (SSSR count). The zero-order chi connectivity index (χ0) is 12.1. The van der Waals surface area contributed by atoms with Crippen molar-refractivity contribution in [2.45, 2.75) is 57.5 Å². The minimum Gasteiger partial charge on any atom is -0.337 e. The fourth-order valence-corrected chi connectivity index (χ4v) is 2.86. The second-order valence-electron chi connectivity index (χ2n) is 5.43. The molecule has 0 radical (unpaired) electrons. The monoisotopic (exact) mass is 239 g/mol. The topological polar surface area (TPSA) is 44.4 Å². The molecule has 0 aromatic heterocycles. The molecule has 1 saturated carbocycles. The van der Waals surface area contributed by atoms with Crippen LogP contribution in [0.4, 0.5) is 4.79 Å². The maximum atomic E-state index is 11.7. The summed E-state index contributed by atoms with van der Waals surface area (Å²) in [4.78, 5) is 14.1. The van der Waals surface area contributed by atoms with Gasteiger partial charge in [0.05, 0.1) is 0 Å². The van der Waals surface area contributed by atoms with Gasteiger partial charge in [0.1, 0.15) is 0 Å². The van der Waals surface area contributed by atoms with Gasteiger partial charge >= 0.3 is 6.03 Å². The first kappa shape index (κ1) is 12.7. The number of rotatable bonds is 4.